The zero-order valence-corrected chi connectivity index (χ0v) is 10.2. The number of rotatable bonds is 1. The first kappa shape index (κ1) is 11.3. The fourth-order valence-corrected chi connectivity index (χ4v) is 1.64. The summed E-state index contributed by atoms with van der Waals surface area (Å²) in [6.07, 6.45) is 0. The molecular formula is C13H14N4. The standard InChI is InChI=1S/C13H14N4/c1-13(2,3)10-6-4-9(5-7-10)12-11(8-14)15-17-16-12/h4-7H,1-3H3,(H,15,16,17). The van der Waals surface area contributed by atoms with Crippen molar-refractivity contribution in [1.29, 1.82) is 5.26 Å². The lowest BCUT2D eigenvalue weighted by atomic mass is 9.86. The Morgan fingerprint density at radius 2 is 1.76 bits per heavy atom. The summed E-state index contributed by atoms with van der Waals surface area (Å²) in [5, 5.41) is 19.1. The van der Waals surface area contributed by atoms with Crippen molar-refractivity contribution in [3.8, 4) is 17.3 Å². The number of benzene rings is 1. The maximum Gasteiger partial charge on any atom is 0.190 e. The lowest BCUT2D eigenvalue weighted by Gasteiger charge is -2.18. The van der Waals surface area contributed by atoms with E-state index >= 15 is 0 Å². The van der Waals surface area contributed by atoms with Gasteiger partial charge in [0, 0.05) is 5.56 Å². The van der Waals surface area contributed by atoms with Gasteiger partial charge in [-0.2, -0.15) is 15.6 Å². The van der Waals surface area contributed by atoms with Gasteiger partial charge in [-0.3, -0.25) is 0 Å². The molecule has 1 N–H and O–H groups in total. The Morgan fingerprint density at radius 3 is 2.29 bits per heavy atom. The number of hydrogen-bond acceptors (Lipinski definition) is 3. The Balaban J connectivity index is 2.40. The molecule has 0 atom stereocenters. The van der Waals surface area contributed by atoms with E-state index in [9.17, 15) is 0 Å². The van der Waals surface area contributed by atoms with Crippen molar-refractivity contribution in [2.24, 2.45) is 0 Å². The Hall–Kier alpha value is -2.15. The average Bonchev–Trinajstić information content (AvgIpc) is 2.76. The molecule has 0 radical (unpaired) electrons. The molecule has 0 fully saturated rings. The third-order valence-corrected chi connectivity index (χ3v) is 2.68. The monoisotopic (exact) mass is 226 g/mol. The highest BCUT2D eigenvalue weighted by atomic mass is 15.3. The van der Waals surface area contributed by atoms with Gasteiger partial charge in [-0.05, 0) is 11.0 Å². The van der Waals surface area contributed by atoms with Gasteiger partial charge in [-0.1, -0.05) is 45.0 Å². The van der Waals surface area contributed by atoms with Crippen LogP contribution < -0.4 is 0 Å². The van der Waals surface area contributed by atoms with Crippen LogP contribution in [0.4, 0.5) is 0 Å². The maximum atomic E-state index is 8.88. The van der Waals surface area contributed by atoms with E-state index in [1.165, 1.54) is 5.56 Å². The van der Waals surface area contributed by atoms with Gasteiger partial charge in [-0.25, -0.2) is 0 Å². The summed E-state index contributed by atoms with van der Waals surface area (Å²) in [4.78, 5) is 0. The summed E-state index contributed by atoms with van der Waals surface area (Å²) in [7, 11) is 0. The predicted molar refractivity (Wildman–Crippen MR) is 65.2 cm³/mol. The molecule has 0 unspecified atom stereocenters. The van der Waals surface area contributed by atoms with E-state index in [2.05, 4.69) is 48.3 Å². The van der Waals surface area contributed by atoms with E-state index < -0.39 is 0 Å². The lowest BCUT2D eigenvalue weighted by molar-refractivity contribution is 0.590. The van der Waals surface area contributed by atoms with Gasteiger partial charge in [0.05, 0.1) is 0 Å². The zero-order chi connectivity index (χ0) is 12.5. The molecule has 2 aromatic rings. The van der Waals surface area contributed by atoms with Gasteiger partial charge in [-0.15, -0.1) is 5.10 Å². The minimum atomic E-state index is 0.125. The minimum absolute atomic E-state index is 0.125. The molecule has 0 aliphatic carbocycles. The third-order valence-electron chi connectivity index (χ3n) is 2.68. The molecule has 0 saturated carbocycles. The first-order valence-corrected chi connectivity index (χ1v) is 5.44. The van der Waals surface area contributed by atoms with Crippen molar-refractivity contribution in [2.45, 2.75) is 26.2 Å². The van der Waals surface area contributed by atoms with Crippen LogP contribution in [0.3, 0.4) is 0 Å². The van der Waals surface area contributed by atoms with Crippen LogP contribution in [0, 0.1) is 11.3 Å². The second-order valence-electron chi connectivity index (χ2n) is 4.96. The highest BCUT2D eigenvalue weighted by molar-refractivity contribution is 5.64. The summed E-state index contributed by atoms with van der Waals surface area (Å²) in [6.45, 7) is 6.50. The van der Waals surface area contributed by atoms with Crippen molar-refractivity contribution >= 4 is 0 Å². The zero-order valence-electron chi connectivity index (χ0n) is 10.2. The van der Waals surface area contributed by atoms with Crippen LogP contribution in [0.1, 0.15) is 32.0 Å². The van der Waals surface area contributed by atoms with Crippen LogP contribution in [-0.2, 0) is 5.41 Å². The van der Waals surface area contributed by atoms with E-state index in [0.29, 0.717) is 11.4 Å². The molecule has 4 nitrogen and oxygen atoms in total. The molecule has 1 aromatic carbocycles. The first-order valence-electron chi connectivity index (χ1n) is 5.44. The van der Waals surface area contributed by atoms with Crippen LogP contribution in [-0.4, -0.2) is 15.4 Å². The molecule has 0 bridgehead atoms. The molecule has 17 heavy (non-hydrogen) atoms. The maximum absolute atomic E-state index is 8.88. The topological polar surface area (TPSA) is 65.4 Å². The Bertz CT molecular complexity index is 552. The number of aromatic nitrogens is 3. The highest BCUT2D eigenvalue weighted by Crippen LogP contribution is 2.25. The molecular weight excluding hydrogens is 212 g/mol. The van der Waals surface area contributed by atoms with Gasteiger partial charge < -0.3 is 0 Å². The van der Waals surface area contributed by atoms with Crippen molar-refractivity contribution in [3.63, 3.8) is 0 Å². The number of H-pyrrole nitrogens is 1. The molecule has 0 amide bonds. The largest absolute Gasteiger partial charge is 0.196 e. The summed E-state index contributed by atoms with van der Waals surface area (Å²) in [5.74, 6) is 0. The van der Waals surface area contributed by atoms with E-state index in [4.69, 9.17) is 5.26 Å². The second-order valence-corrected chi connectivity index (χ2v) is 4.96. The summed E-state index contributed by atoms with van der Waals surface area (Å²) in [6, 6.07) is 10.1. The molecule has 1 aromatic heterocycles. The second kappa shape index (κ2) is 4.02. The average molecular weight is 226 g/mol. The molecule has 0 spiro atoms. The number of aromatic amines is 1. The minimum Gasteiger partial charge on any atom is -0.196 e. The van der Waals surface area contributed by atoms with E-state index in [1.54, 1.807) is 0 Å². The van der Waals surface area contributed by atoms with E-state index in [1.807, 2.05) is 18.2 Å². The first-order chi connectivity index (χ1) is 8.02. The van der Waals surface area contributed by atoms with Crippen LogP contribution in [0.15, 0.2) is 24.3 Å². The van der Waals surface area contributed by atoms with Gasteiger partial charge in [0.2, 0.25) is 0 Å². The highest BCUT2D eigenvalue weighted by Gasteiger charge is 2.14. The number of hydrogen-bond donors (Lipinski definition) is 1. The van der Waals surface area contributed by atoms with Crippen LogP contribution in [0.25, 0.3) is 11.3 Å². The van der Waals surface area contributed by atoms with Crippen molar-refractivity contribution in [2.75, 3.05) is 0 Å². The predicted octanol–water partition coefficient (Wildman–Crippen LogP) is 2.64. The van der Waals surface area contributed by atoms with Crippen LogP contribution >= 0.6 is 0 Å². The SMILES string of the molecule is CC(C)(C)c1ccc(-c2n[nH]nc2C#N)cc1. The molecule has 86 valence electrons. The Morgan fingerprint density at radius 1 is 1.12 bits per heavy atom. The van der Waals surface area contributed by atoms with Crippen molar-refractivity contribution in [1.82, 2.24) is 15.4 Å². The Labute approximate surface area is 100 Å². The van der Waals surface area contributed by atoms with Gasteiger partial charge in [0.1, 0.15) is 11.8 Å². The third kappa shape index (κ3) is 2.18. The molecule has 4 heteroatoms. The Kier molecular flexibility index (Phi) is 2.68. The lowest BCUT2D eigenvalue weighted by Crippen LogP contribution is -2.10. The molecule has 0 saturated heterocycles. The molecule has 1 heterocycles. The number of nitrogens with zero attached hydrogens (tertiary/aromatic N) is 3. The van der Waals surface area contributed by atoms with E-state index in [0.717, 1.165) is 5.56 Å². The quantitative estimate of drug-likeness (QED) is 0.812. The van der Waals surface area contributed by atoms with Crippen molar-refractivity contribution < 1.29 is 0 Å². The molecule has 0 aliphatic heterocycles. The summed E-state index contributed by atoms with van der Waals surface area (Å²) >= 11 is 0. The van der Waals surface area contributed by atoms with Crippen LogP contribution in [0.2, 0.25) is 0 Å². The molecule has 2 rings (SSSR count). The summed E-state index contributed by atoms with van der Waals surface area (Å²) in [5.41, 5.74) is 3.22. The number of nitrogens with one attached hydrogen (secondary N) is 1. The van der Waals surface area contributed by atoms with Crippen molar-refractivity contribution in [3.05, 3.63) is 35.5 Å². The van der Waals surface area contributed by atoms with Crippen LogP contribution in [0.5, 0.6) is 0 Å². The number of nitriles is 1. The fourth-order valence-electron chi connectivity index (χ4n) is 1.64. The van der Waals surface area contributed by atoms with E-state index in [-0.39, 0.29) is 5.41 Å². The fraction of sp³-hybridized carbons (Fsp3) is 0.308. The molecule has 0 aliphatic rings. The normalized spacial score (nSPS) is 11.2. The van der Waals surface area contributed by atoms with Gasteiger partial charge >= 0.3 is 0 Å². The summed E-state index contributed by atoms with van der Waals surface area (Å²) < 4.78 is 0. The van der Waals surface area contributed by atoms with Gasteiger partial charge in [0.25, 0.3) is 0 Å². The van der Waals surface area contributed by atoms with Gasteiger partial charge in [0.15, 0.2) is 5.69 Å². The smallest absolute Gasteiger partial charge is 0.190 e.